The lowest BCUT2D eigenvalue weighted by Crippen LogP contribution is -2.25. The minimum Gasteiger partial charge on any atom is -0.356 e. The fourth-order valence-electron chi connectivity index (χ4n) is 1.38. The van der Waals surface area contributed by atoms with Crippen molar-refractivity contribution in [2.45, 2.75) is 24.2 Å². The Kier molecular flexibility index (Phi) is 11.2. The molecule has 6 heteroatoms. The molecule has 0 heterocycles. The van der Waals surface area contributed by atoms with Gasteiger partial charge in [0.1, 0.15) is 0 Å². The normalized spacial score (nSPS) is 9.79. The molecule has 19 heavy (non-hydrogen) atoms. The number of nitrogens with two attached hydrogens (primary N) is 1. The van der Waals surface area contributed by atoms with Gasteiger partial charge in [0.05, 0.1) is 0 Å². The van der Waals surface area contributed by atoms with Crippen LogP contribution in [0.1, 0.15) is 19.3 Å². The number of hydrogen-bond donors (Lipinski definition) is 2. The lowest BCUT2D eigenvalue weighted by Gasteiger charge is -2.04. The molecule has 0 saturated heterocycles. The highest BCUT2D eigenvalue weighted by Gasteiger charge is 2.01. The Labute approximate surface area is 130 Å². The number of amides is 1. The summed E-state index contributed by atoms with van der Waals surface area (Å²) in [4.78, 5) is 12.6. The molecule has 0 spiro atoms. The second kappa shape index (κ2) is 11.4. The third kappa shape index (κ3) is 9.16. The maximum Gasteiger partial charge on any atom is 0.220 e. The summed E-state index contributed by atoms with van der Waals surface area (Å²) in [6.45, 7) is 1.41. The highest BCUT2D eigenvalue weighted by Crippen LogP contribution is 2.20. The Morgan fingerprint density at radius 1 is 1.26 bits per heavy atom. The number of halogens is 2. The minimum absolute atomic E-state index is 0. The van der Waals surface area contributed by atoms with E-state index >= 15 is 0 Å². The van der Waals surface area contributed by atoms with Crippen LogP contribution in [-0.2, 0) is 4.79 Å². The molecule has 3 nitrogen and oxygen atoms in total. The van der Waals surface area contributed by atoms with Crippen molar-refractivity contribution in [3.63, 3.8) is 0 Å². The monoisotopic (exact) mass is 322 g/mol. The molecular weight excluding hydrogens is 303 g/mol. The highest BCUT2D eigenvalue weighted by molar-refractivity contribution is 7.99. The van der Waals surface area contributed by atoms with Crippen LogP contribution in [0.3, 0.4) is 0 Å². The van der Waals surface area contributed by atoms with Crippen molar-refractivity contribution in [2.24, 2.45) is 5.73 Å². The van der Waals surface area contributed by atoms with E-state index in [1.165, 1.54) is 0 Å². The largest absolute Gasteiger partial charge is 0.356 e. The fourth-order valence-corrected chi connectivity index (χ4v) is 2.36. The molecule has 0 unspecified atom stereocenters. The number of unbranched alkanes of at least 4 members (excludes halogenated alkanes) is 1. The number of carbonyl (C=O) groups is 1. The maximum absolute atomic E-state index is 11.5. The molecule has 0 aliphatic rings. The summed E-state index contributed by atoms with van der Waals surface area (Å²) in [6.07, 6.45) is 2.45. The van der Waals surface area contributed by atoms with Gasteiger partial charge in [-0.2, -0.15) is 0 Å². The first kappa shape index (κ1) is 18.6. The highest BCUT2D eigenvalue weighted by atomic mass is 35.5. The number of hydrogen-bond acceptors (Lipinski definition) is 3. The Morgan fingerprint density at radius 3 is 2.58 bits per heavy atom. The fraction of sp³-hybridized carbons (Fsp3) is 0.462. The molecule has 0 saturated carbocycles. The van der Waals surface area contributed by atoms with Gasteiger partial charge in [0.2, 0.25) is 5.91 Å². The zero-order chi connectivity index (χ0) is 13.2. The van der Waals surface area contributed by atoms with Gasteiger partial charge in [-0.05, 0) is 43.7 Å². The molecule has 1 amide bonds. The lowest BCUT2D eigenvalue weighted by atomic mass is 10.3. The van der Waals surface area contributed by atoms with Crippen molar-refractivity contribution in [3.05, 3.63) is 29.3 Å². The van der Waals surface area contributed by atoms with Crippen molar-refractivity contribution >= 4 is 41.7 Å². The van der Waals surface area contributed by atoms with Crippen LogP contribution in [0.2, 0.25) is 5.02 Å². The van der Waals surface area contributed by atoms with Crippen LogP contribution in [0.5, 0.6) is 0 Å². The van der Waals surface area contributed by atoms with Gasteiger partial charge in [0, 0.05) is 28.6 Å². The molecule has 0 bridgehead atoms. The van der Waals surface area contributed by atoms with E-state index in [9.17, 15) is 4.79 Å². The maximum atomic E-state index is 11.5. The van der Waals surface area contributed by atoms with E-state index in [4.69, 9.17) is 17.3 Å². The standard InChI is InChI=1S/C13H19ClN2OS.ClH/c14-11-3-5-12(6-4-11)18-10-7-13(17)16-9-2-1-8-15;/h3-6H,1-2,7-10,15H2,(H,16,17);1H. The van der Waals surface area contributed by atoms with Crippen LogP contribution in [-0.4, -0.2) is 24.7 Å². The number of benzene rings is 1. The van der Waals surface area contributed by atoms with Crippen molar-refractivity contribution in [3.8, 4) is 0 Å². The third-order valence-electron chi connectivity index (χ3n) is 2.36. The zero-order valence-corrected chi connectivity index (χ0v) is 13.1. The van der Waals surface area contributed by atoms with Crippen LogP contribution < -0.4 is 11.1 Å². The predicted molar refractivity (Wildman–Crippen MR) is 85.3 cm³/mol. The van der Waals surface area contributed by atoms with Gasteiger partial charge in [-0.3, -0.25) is 4.79 Å². The van der Waals surface area contributed by atoms with E-state index < -0.39 is 0 Å². The van der Waals surface area contributed by atoms with E-state index in [1.807, 2.05) is 24.3 Å². The Balaban J connectivity index is 0.00000324. The van der Waals surface area contributed by atoms with Gasteiger partial charge in [-0.15, -0.1) is 24.2 Å². The van der Waals surface area contributed by atoms with E-state index in [-0.39, 0.29) is 18.3 Å². The quantitative estimate of drug-likeness (QED) is 0.571. The summed E-state index contributed by atoms with van der Waals surface area (Å²) in [5, 5.41) is 3.62. The number of nitrogens with one attached hydrogen (secondary N) is 1. The van der Waals surface area contributed by atoms with Crippen LogP contribution in [0.15, 0.2) is 29.2 Å². The summed E-state index contributed by atoms with van der Waals surface area (Å²) in [5.74, 6) is 0.887. The first-order valence-corrected chi connectivity index (χ1v) is 7.44. The number of carbonyl (C=O) groups excluding carboxylic acids is 1. The second-order valence-electron chi connectivity index (χ2n) is 3.90. The van der Waals surface area contributed by atoms with Gasteiger partial charge in [0.15, 0.2) is 0 Å². The average Bonchev–Trinajstić information content (AvgIpc) is 2.37. The van der Waals surface area contributed by atoms with Crippen molar-refractivity contribution in [1.82, 2.24) is 5.32 Å². The molecule has 108 valence electrons. The smallest absolute Gasteiger partial charge is 0.220 e. The third-order valence-corrected chi connectivity index (χ3v) is 3.63. The van der Waals surface area contributed by atoms with E-state index in [0.29, 0.717) is 13.0 Å². The van der Waals surface area contributed by atoms with Crippen molar-refractivity contribution in [1.29, 1.82) is 0 Å². The lowest BCUT2D eigenvalue weighted by molar-refractivity contribution is -0.120. The van der Waals surface area contributed by atoms with Crippen molar-refractivity contribution in [2.75, 3.05) is 18.8 Å². The van der Waals surface area contributed by atoms with Gasteiger partial charge >= 0.3 is 0 Å². The summed E-state index contributed by atoms with van der Waals surface area (Å²) < 4.78 is 0. The molecule has 3 N–H and O–H groups in total. The summed E-state index contributed by atoms with van der Waals surface area (Å²) >= 11 is 7.46. The molecule has 0 atom stereocenters. The summed E-state index contributed by atoms with van der Waals surface area (Å²) in [5.41, 5.74) is 5.38. The number of thioether (sulfide) groups is 1. The number of rotatable bonds is 8. The van der Waals surface area contributed by atoms with Gasteiger partial charge < -0.3 is 11.1 Å². The van der Waals surface area contributed by atoms with Gasteiger partial charge in [-0.25, -0.2) is 0 Å². The summed E-state index contributed by atoms with van der Waals surface area (Å²) in [6, 6.07) is 7.64. The molecule has 1 aromatic rings. The molecule has 0 aliphatic carbocycles. The molecule has 0 aromatic heterocycles. The predicted octanol–water partition coefficient (Wildman–Crippen LogP) is 3.10. The van der Waals surface area contributed by atoms with Crippen LogP contribution in [0, 0.1) is 0 Å². The second-order valence-corrected chi connectivity index (χ2v) is 5.50. The van der Waals surface area contributed by atoms with Crippen LogP contribution in [0.4, 0.5) is 0 Å². The molecule has 1 aromatic carbocycles. The Hall–Kier alpha value is -0.420. The molecule has 0 fully saturated rings. The first-order chi connectivity index (χ1) is 8.72. The molecule has 0 radical (unpaired) electrons. The Bertz CT molecular complexity index is 360. The van der Waals surface area contributed by atoms with Crippen molar-refractivity contribution < 1.29 is 4.79 Å². The topological polar surface area (TPSA) is 55.1 Å². The zero-order valence-electron chi connectivity index (χ0n) is 10.7. The molecular formula is C13H20Cl2N2OS. The van der Waals surface area contributed by atoms with Crippen LogP contribution in [0.25, 0.3) is 0 Å². The van der Waals surface area contributed by atoms with Crippen LogP contribution >= 0.6 is 35.8 Å². The average molecular weight is 323 g/mol. The first-order valence-electron chi connectivity index (χ1n) is 6.07. The SMILES string of the molecule is Cl.NCCCCNC(=O)CCSc1ccc(Cl)cc1. The van der Waals surface area contributed by atoms with E-state index in [2.05, 4.69) is 5.32 Å². The summed E-state index contributed by atoms with van der Waals surface area (Å²) in [7, 11) is 0. The minimum atomic E-state index is 0. The Morgan fingerprint density at radius 2 is 1.95 bits per heavy atom. The molecule has 1 rings (SSSR count). The van der Waals surface area contributed by atoms with E-state index in [1.54, 1.807) is 11.8 Å². The van der Waals surface area contributed by atoms with Gasteiger partial charge in [-0.1, -0.05) is 11.6 Å². The molecule has 0 aliphatic heterocycles. The van der Waals surface area contributed by atoms with Gasteiger partial charge in [0.25, 0.3) is 0 Å². The van der Waals surface area contributed by atoms with E-state index in [0.717, 1.165) is 35.1 Å².